The van der Waals surface area contributed by atoms with E-state index in [1.54, 1.807) is 0 Å². The maximum Gasteiger partial charge on any atom is 2.00 e. The Morgan fingerprint density at radius 2 is 0.732 bits per heavy atom. The van der Waals surface area contributed by atoms with Gasteiger partial charge >= 0.3 is 19.5 Å². The van der Waals surface area contributed by atoms with E-state index in [1.807, 2.05) is 0 Å². The van der Waals surface area contributed by atoms with Gasteiger partial charge in [-0.3, -0.25) is 0 Å². The summed E-state index contributed by atoms with van der Waals surface area (Å²) in [7, 11) is 0. The first kappa shape index (κ1) is 36.4. The molecule has 0 bridgehead atoms. The second kappa shape index (κ2) is 21.8. The Morgan fingerprint density at radius 1 is 0.463 bits per heavy atom. The minimum absolute atomic E-state index is 0. The van der Waals surface area contributed by atoms with Crippen molar-refractivity contribution >= 4 is 11.9 Å². The summed E-state index contributed by atoms with van der Waals surface area (Å²) in [4.78, 5) is 14.8. The standard InChI is InChI=1S/2C17H32N3.Zn/c2*1-3-20(4-2)17(18-15-11-7-5-8-12-15)19-16-13-9-6-10-14-16;/h2*15-16H,3-14H2,1-2H3;/q2*-1;+2. The van der Waals surface area contributed by atoms with Gasteiger partial charge in [-0.1, -0.05) is 105 Å². The van der Waals surface area contributed by atoms with Gasteiger partial charge in [-0.2, -0.15) is 0 Å². The van der Waals surface area contributed by atoms with Crippen LogP contribution in [-0.2, 0) is 19.5 Å². The average Bonchev–Trinajstić information content (AvgIpc) is 3.01. The van der Waals surface area contributed by atoms with Crippen LogP contribution in [0.2, 0.25) is 0 Å². The maximum absolute atomic E-state index is 5.05. The Balaban J connectivity index is 0.000000280. The molecule has 0 atom stereocenters. The largest absolute Gasteiger partial charge is 2.00 e. The first-order valence-electron chi connectivity index (χ1n) is 17.7. The third-order valence-corrected chi connectivity index (χ3v) is 9.58. The van der Waals surface area contributed by atoms with E-state index < -0.39 is 0 Å². The van der Waals surface area contributed by atoms with Gasteiger partial charge in [0.1, 0.15) is 0 Å². The van der Waals surface area contributed by atoms with E-state index in [9.17, 15) is 0 Å². The summed E-state index contributed by atoms with van der Waals surface area (Å²) in [5, 5.41) is 10.1. The Kier molecular flexibility index (Phi) is 19.3. The molecule has 0 heterocycles. The van der Waals surface area contributed by atoms with E-state index in [0.717, 1.165) is 38.1 Å². The zero-order chi connectivity index (χ0) is 28.4. The summed E-state index contributed by atoms with van der Waals surface area (Å²) in [5.74, 6) is 2.13. The third kappa shape index (κ3) is 13.6. The predicted molar refractivity (Wildman–Crippen MR) is 175 cm³/mol. The van der Waals surface area contributed by atoms with Gasteiger partial charge in [0.2, 0.25) is 0 Å². The molecule has 7 heteroatoms. The molecule has 0 aromatic heterocycles. The SMILES string of the molecule is CCN(CC)C(=NC1CCCCC1)[N-]C1CCCCC1.CCN(CC)C(=NC1CCCCC1)[N-]C1CCCCC1.[Zn+2]. The first-order chi connectivity index (χ1) is 19.7. The van der Waals surface area contributed by atoms with Gasteiger partial charge in [-0.25, -0.2) is 0 Å². The third-order valence-electron chi connectivity index (χ3n) is 9.58. The summed E-state index contributed by atoms with van der Waals surface area (Å²) >= 11 is 0. The van der Waals surface area contributed by atoms with Gasteiger partial charge in [0.05, 0.1) is 0 Å². The number of guanidine groups is 2. The van der Waals surface area contributed by atoms with Crippen LogP contribution in [0.25, 0.3) is 10.6 Å². The monoisotopic (exact) mass is 620 g/mol. The molecule has 0 aliphatic heterocycles. The van der Waals surface area contributed by atoms with E-state index in [4.69, 9.17) is 20.6 Å². The van der Waals surface area contributed by atoms with Crippen molar-refractivity contribution in [1.29, 1.82) is 0 Å². The number of nitrogens with zero attached hydrogens (tertiary/aromatic N) is 6. The molecule has 0 aromatic rings. The maximum atomic E-state index is 5.05. The van der Waals surface area contributed by atoms with Crippen molar-refractivity contribution in [2.24, 2.45) is 9.98 Å². The molecule has 0 spiro atoms. The summed E-state index contributed by atoms with van der Waals surface area (Å²) in [6.07, 6.45) is 26.5. The summed E-state index contributed by atoms with van der Waals surface area (Å²) < 4.78 is 0. The van der Waals surface area contributed by atoms with Crippen LogP contribution >= 0.6 is 0 Å². The quantitative estimate of drug-likeness (QED) is 0.154. The first-order valence-corrected chi connectivity index (χ1v) is 17.7. The molecule has 0 saturated heterocycles. The van der Waals surface area contributed by atoms with Gasteiger partial charge in [0.15, 0.2) is 0 Å². The van der Waals surface area contributed by atoms with Gasteiger partial charge in [-0.15, -0.1) is 0 Å². The fraction of sp³-hybridized carbons (Fsp3) is 0.941. The van der Waals surface area contributed by atoms with E-state index in [0.29, 0.717) is 24.2 Å². The number of rotatable bonds is 8. The predicted octanol–water partition coefficient (Wildman–Crippen LogP) is 9.44. The van der Waals surface area contributed by atoms with Crippen LogP contribution in [0.5, 0.6) is 0 Å². The van der Waals surface area contributed by atoms with Crippen molar-refractivity contribution in [3.05, 3.63) is 10.6 Å². The molecule has 0 unspecified atom stereocenters. The van der Waals surface area contributed by atoms with Gasteiger partial charge in [0, 0.05) is 11.9 Å². The van der Waals surface area contributed by atoms with E-state index in [2.05, 4.69) is 37.5 Å². The molecule has 41 heavy (non-hydrogen) atoms. The Bertz CT molecular complexity index is 636. The van der Waals surface area contributed by atoms with Crippen molar-refractivity contribution in [2.45, 2.75) is 180 Å². The molecule has 0 radical (unpaired) electrons. The molecule has 4 rings (SSSR count). The molecule has 0 aromatic carbocycles. The molecule has 4 fully saturated rings. The molecule has 4 saturated carbocycles. The van der Waals surface area contributed by atoms with Crippen molar-refractivity contribution in [2.75, 3.05) is 26.2 Å². The van der Waals surface area contributed by atoms with Crippen LogP contribution in [0, 0.1) is 0 Å². The number of hydrogen-bond donors (Lipinski definition) is 0. The van der Waals surface area contributed by atoms with Crippen molar-refractivity contribution in [3.63, 3.8) is 0 Å². The van der Waals surface area contributed by atoms with Gasteiger partial charge < -0.3 is 30.4 Å². The summed E-state index contributed by atoms with van der Waals surface area (Å²) in [6, 6.07) is 2.14. The van der Waals surface area contributed by atoms with E-state index in [-0.39, 0.29) is 19.5 Å². The topological polar surface area (TPSA) is 59.4 Å². The molecule has 4 aliphatic carbocycles. The zero-order valence-corrected chi connectivity index (χ0v) is 30.6. The van der Waals surface area contributed by atoms with Crippen molar-refractivity contribution in [1.82, 2.24) is 9.80 Å². The zero-order valence-electron chi connectivity index (χ0n) is 27.7. The molecule has 6 nitrogen and oxygen atoms in total. The molecule has 0 amide bonds. The number of hydrogen-bond acceptors (Lipinski definition) is 2. The van der Waals surface area contributed by atoms with Crippen LogP contribution in [-0.4, -0.2) is 72.1 Å². The average molecular weight is 622 g/mol. The smallest absolute Gasteiger partial charge is 0.427 e. The van der Waals surface area contributed by atoms with Crippen LogP contribution in [0.1, 0.15) is 156 Å². The van der Waals surface area contributed by atoms with Gasteiger partial charge in [0.25, 0.3) is 0 Å². The second-order valence-electron chi connectivity index (χ2n) is 12.6. The molecule has 232 valence electrons. The second-order valence-corrected chi connectivity index (χ2v) is 12.6. The minimum atomic E-state index is 0. The van der Waals surface area contributed by atoms with E-state index >= 15 is 0 Å². The van der Waals surface area contributed by atoms with Crippen molar-refractivity contribution in [3.8, 4) is 0 Å². The summed E-state index contributed by atoms with van der Waals surface area (Å²) in [6.45, 7) is 13.0. The van der Waals surface area contributed by atoms with Crippen LogP contribution < -0.4 is 0 Å². The Hall–Kier alpha value is -0.837. The molecule has 4 aliphatic rings. The van der Waals surface area contributed by atoms with Crippen LogP contribution in [0.15, 0.2) is 9.98 Å². The Labute approximate surface area is 267 Å². The van der Waals surface area contributed by atoms with Crippen LogP contribution in [0.3, 0.4) is 0 Å². The molecular formula is C34H64N6Zn. The fourth-order valence-corrected chi connectivity index (χ4v) is 6.90. The van der Waals surface area contributed by atoms with Gasteiger partial charge in [-0.05, 0) is 102 Å². The fourth-order valence-electron chi connectivity index (χ4n) is 6.90. The van der Waals surface area contributed by atoms with Crippen LogP contribution in [0.4, 0.5) is 0 Å². The summed E-state index contributed by atoms with van der Waals surface area (Å²) in [5.41, 5.74) is 0. The minimum Gasteiger partial charge on any atom is -0.427 e. The van der Waals surface area contributed by atoms with Crippen molar-refractivity contribution < 1.29 is 19.5 Å². The Morgan fingerprint density at radius 3 is 1.00 bits per heavy atom. The molecule has 0 N–H and O–H groups in total. The normalized spacial score (nSPS) is 22.2. The number of aliphatic imine (C=N–C) groups is 2. The molecular weight excluding hydrogens is 558 g/mol. The van der Waals surface area contributed by atoms with E-state index in [1.165, 1.54) is 128 Å².